The molecule has 2 aliphatic rings. The number of β-amino-alcohol motifs (C(OH)–C–C–N with tert-alkyl or cyclic N) is 1. The number of fused-ring (bicyclic) bond motifs is 1. The average molecular weight is 400 g/mol. The van der Waals surface area contributed by atoms with Crippen LogP contribution in [0.25, 0.3) is 16.9 Å². The Morgan fingerprint density at radius 2 is 2.07 bits per heavy atom. The van der Waals surface area contributed by atoms with Gasteiger partial charge in [0, 0.05) is 30.9 Å². The maximum Gasteiger partial charge on any atom is 0.253 e. The molecule has 0 saturated carbocycles. The van der Waals surface area contributed by atoms with Gasteiger partial charge in [0.25, 0.3) is 5.91 Å². The predicted octanol–water partition coefficient (Wildman–Crippen LogP) is 2.01. The molecule has 1 amide bonds. The van der Waals surface area contributed by atoms with E-state index in [4.69, 9.17) is 15.3 Å². The molecule has 8 nitrogen and oxygen atoms in total. The van der Waals surface area contributed by atoms with Gasteiger partial charge >= 0.3 is 0 Å². The number of pyridine rings is 1. The van der Waals surface area contributed by atoms with E-state index in [2.05, 4.69) is 16.3 Å². The van der Waals surface area contributed by atoms with E-state index in [1.165, 1.54) is 0 Å². The minimum absolute atomic E-state index is 0.142. The third-order valence-corrected chi connectivity index (χ3v) is 5.57. The highest BCUT2D eigenvalue weighted by Crippen LogP contribution is 2.30. The lowest BCUT2D eigenvalue weighted by Gasteiger charge is -2.29. The molecule has 150 valence electrons. The van der Waals surface area contributed by atoms with Gasteiger partial charge in [-0.2, -0.15) is 10.4 Å². The van der Waals surface area contributed by atoms with Crippen LogP contribution >= 0.6 is 0 Å². The summed E-state index contributed by atoms with van der Waals surface area (Å²) in [7, 11) is 0. The Labute approximate surface area is 173 Å². The lowest BCUT2D eigenvalue weighted by molar-refractivity contribution is 0.0965. The average Bonchev–Trinajstić information content (AvgIpc) is 3.40. The zero-order valence-corrected chi connectivity index (χ0v) is 16.2. The van der Waals surface area contributed by atoms with Gasteiger partial charge in [-0.3, -0.25) is 4.79 Å². The van der Waals surface area contributed by atoms with E-state index in [9.17, 15) is 9.90 Å². The van der Waals surface area contributed by atoms with Gasteiger partial charge in [0.2, 0.25) is 0 Å². The van der Waals surface area contributed by atoms with Gasteiger partial charge < -0.3 is 15.3 Å². The highest BCUT2D eigenvalue weighted by atomic mass is 16.3. The van der Waals surface area contributed by atoms with Gasteiger partial charge in [-0.25, -0.2) is 9.67 Å². The van der Waals surface area contributed by atoms with Gasteiger partial charge in [-0.05, 0) is 31.0 Å². The molecule has 8 heteroatoms. The molecule has 1 aromatic carbocycles. The zero-order valence-electron chi connectivity index (χ0n) is 16.2. The van der Waals surface area contributed by atoms with Crippen LogP contribution in [0.1, 0.15) is 34.5 Å². The Balaban J connectivity index is 1.59. The van der Waals surface area contributed by atoms with Gasteiger partial charge in [-0.15, -0.1) is 0 Å². The standard InChI is InChI=1S/C22H20N6O2/c23-11-14-3-5-15(6-4-14)21-19(10-17-18(25-21)12-24-22(17)30)28-9-7-20(26-28)27-8-1-2-16(29)13-27/h3-7,9-10,16,29H,1-2,8,12-13H2,(H,24,30). The number of amides is 1. The van der Waals surface area contributed by atoms with E-state index in [0.29, 0.717) is 41.3 Å². The summed E-state index contributed by atoms with van der Waals surface area (Å²) >= 11 is 0. The van der Waals surface area contributed by atoms with Crippen molar-refractivity contribution in [2.45, 2.75) is 25.5 Å². The molecule has 1 saturated heterocycles. The first-order valence-electron chi connectivity index (χ1n) is 9.94. The minimum atomic E-state index is -0.344. The van der Waals surface area contributed by atoms with Crippen molar-refractivity contribution in [2.24, 2.45) is 0 Å². The fourth-order valence-electron chi connectivity index (χ4n) is 4.00. The molecular formula is C22H20N6O2. The van der Waals surface area contributed by atoms with Crippen LogP contribution in [0, 0.1) is 11.3 Å². The molecule has 3 aromatic rings. The second kappa shape index (κ2) is 7.28. The molecule has 2 aromatic heterocycles. The molecule has 0 bridgehead atoms. The van der Waals surface area contributed by atoms with Crippen molar-refractivity contribution in [3.63, 3.8) is 0 Å². The minimum Gasteiger partial charge on any atom is -0.391 e. The number of rotatable bonds is 3. The van der Waals surface area contributed by atoms with Crippen LogP contribution in [0.4, 0.5) is 5.82 Å². The number of aliphatic hydroxyl groups excluding tert-OH is 1. The molecule has 0 aliphatic carbocycles. The number of hydrogen-bond donors (Lipinski definition) is 2. The van der Waals surface area contributed by atoms with Crippen LogP contribution in [0.15, 0.2) is 42.6 Å². The molecule has 0 spiro atoms. The smallest absolute Gasteiger partial charge is 0.253 e. The Hall–Kier alpha value is -3.70. The van der Waals surface area contributed by atoms with E-state index in [1.807, 2.05) is 30.5 Å². The van der Waals surface area contributed by atoms with E-state index in [-0.39, 0.29) is 12.0 Å². The summed E-state index contributed by atoms with van der Waals surface area (Å²) in [5.41, 5.74) is 4.06. The highest BCUT2D eigenvalue weighted by Gasteiger charge is 2.25. The summed E-state index contributed by atoms with van der Waals surface area (Å²) in [5, 5.41) is 26.6. The van der Waals surface area contributed by atoms with Crippen LogP contribution in [0.5, 0.6) is 0 Å². The van der Waals surface area contributed by atoms with Gasteiger partial charge in [0.1, 0.15) is 0 Å². The van der Waals surface area contributed by atoms with Crippen LogP contribution in [-0.2, 0) is 6.54 Å². The Bertz CT molecular complexity index is 1160. The first-order valence-corrected chi connectivity index (χ1v) is 9.94. The normalized spacial score (nSPS) is 18.1. The number of aromatic nitrogens is 3. The number of carbonyl (C=O) groups is 1. The van der Waals surface area contributed by atoms with E-state index in [0.717, 1.165) is 30.8 Å². The summed E-state index contributed by atoms with van der Waals surface area (Å²) in [4.78, 5) is 19.0. The molecule has 2 N–H and O–H groups in total. The number of piperidine rings is 1. The summed E-state index contributed by atoms with van der Waals surface area (Å²) in [6, 6.07) is 13.1. The van der Waals surface area contributed by atoms with Crippen molar-refractivity contribution in [1.82, 2.24) is 20.1 Å². The first-order chi connectivity index (χ1) is 14.6. The van der Waals surface area contributed by atoms with Crippen molar-refractivity contribution in [1.29, 1.82) is 5.26 Å². The van der Waals surface area contributed by atoms with Crippen molar-refractivity contribution < 1.29 is 9.90 Å². The molecule has 2 aliphatic heterocycles. The number of hydrogen-bond acceptors (Lipinski definition) is 6. The predicted molar refractivity (Wildman–Crippen MR) is 110 cm³/mol. The summed E-state index contributed by atoms with van der Waals surface area (Å²) in [6.45, 7) is 1.81. The lowest BCUT2D eigenvalue weighted by atomic mass is 10.1. The van der Waals surface area contributed by atoms with E-state index >= 15 is 0 Å². The quantitative estimate of drug-likeness (QED) is 0.697. The maximum atomic E-state index is 12.2. The number of benzene rings is 1. The Morgan fingerprint density at radius 3 is 2.83 bits per heavy atom. The van der Waals surface area contributed by atoms with Gasteiger partial charge in [0.05, 0.1) is 46.9 Å². The monoisotopic (exact) mass is 400 g/mol. The second-order valence-corrected chi connectivity index (χ2v) is 7.58. The third kappa shape index (κ3) is 3.19. The molecule has 1 unspecified atom stereocenters. The van der Waals surface area contributed by atoms with Crippen LogP contribution in [0.3, 0.4) is 0 Å². The molecule has 30 heavy (non-hydrogen) atoms. The fraction of sp³-hybridized carbons (Fsp3) is 0.273. The van der Waals surface area contributed by atoms with E-state index < -0.39 is 0 Å². The van der Waals surface area contributed by atoms with Gasteiger partial charge in [-0.1, -0.05) is 12.1 Å². The first kappa shape index (κ1) is 18.3. The molecule has 1 fully saturated rings. The number of nitrogens with zero attached hydrogens (tertiary/aromatic N) is 5. The van der Waals surface area contributed by atoms with Crippen molar-refractivity contribution in [2.75, 3.05) is 18.0 Å². The van der Waals surface area contributed by atoms with Crippen LogP contribution in [-0.4, -0.2) is 45.0 Å². The SMILES string of the molecule is N#Cc1ccc(-c2nc3c(cc2-n2ccc(N4CCCC(O)C4)n2)C(=O)NC3)cc1. The number of nitrogens with one attached hydrogen (secondary N) is 1. The van der Waals surface area contributed by atoms with Crippen molar-refractivity contribution in [3.05, 3.63) is 59.4 Å². The number of carbonyl (C=O) groups excluding carboxylic acids is 1. The number of aliphatic hydroxyl groups is 1. The summed E-state index contributed by atoms with van der Waals surface area (Å²) < 4.78 is 1.72. The largest absolute Gasteiger partial charge is 0.391 e. The van der Waals surface area contributed by atoms with Crippen LogP contribution < -0.4 is 10.2 Å². The summed E-state index contributed by atoms with van der Waals surface area (Å²) in [6.07, 6.45) is 3.23. The fourth-order valence-corrected chi connectivity index (χ4v) is 4.00. The second-order valence-electron chi connectivity index (χ2n) is 7.58. The Morgan fingerprint density at radius 1 is 1.23 bits per heavy atom. The summed E-state index contributed by atoms with van der Waals surface area (Å²) in [5.74, 6) is 0.640. The Kier molecular flexibility index (Phi) is 4.45. The highest BCUT2D eigenvalue weighted by molar-refractivity contribution is 5.99. The molecule has 1 atom stereocenters. The van der Waals surface area contributed by atoms with Crippen LogP contribution in [0.2, 0.25) is 0 Å². The number of anilines is 1. The molecule has 4 heterocycles. The van der Waals surface area contributed by atoms with Gasteiger partial charge in [0.15, 0.2) is 5.82 Å². The lowest BCUT2D eigenvalue weighted by Crippen LogP contribution is -2.38. The maximum absolute atomic E-state index is 12.2. The number of nitriles is 1. The molecule has 0 radical (unpaired) electrons. The molecule has 5 rings (SSSR count). The third-order valence-electron chi connectivity index (χ3n) is 5.57. The molecular weight excluding hydrogens is 380 g/mol. The van der Waals surface area contributed by atoms with Crippen molar-refractivity contribution >= 4 is 11.7 Å². The van der Waals surface area contributed by atoms with Crippen molar-refractivity contribution in [3.8, 4) is 23.0 Å². The zero-order chi connectivity index (χ0) is 20.7. The van der Waals surface area contributed by atoms with E-state index in [1.54, 1.807) is 16.8 Å². The topological polar surface area (TPSA) is 107 Å².